The molecule has 1 amide bonds. The van der Waals surface area contributed by atoms with Crippen molar-refractivity contribution < 1.29 is 13.2 Å². The van der Waals surface area contributed by atoms with Crippen molar-refractivity contribution in [2.75, 3.05) is 12.4 Å². The highest BCUT2D eigenvalue weighted by atomic mass is 79.9. The number of rotatable bonds is 6. The molecule has 0 fully saturated rings. The number of nitrogens with one attached hydrogen (secondary N) is 1. The van der Waals surface area contributed by atoms with Crippen LogP contribution in [-0.2, 0) is 16.6 Å². The summed E-state index contributed by atoms with van der Waals surface area (Å²) in [5.74, 6) is -0.398. The van der Waals surface area contributed by atoms with E-state index >= 15 is 0 Å². The van der Waals surface area contributed by atoms with Gasteiger partial charge in [0.25, 0.3) is 5.91 Å². The molecule has 0 saturated carbocycles. The van der Waals surface area contributed by atoms with Gasteiger partial charge in [0.15, 0.2) is 0 Å². The number of halogens is 1. The van der Waals surface area contributed by atoms with Crippen molar-refractivity contribution in [3.05, 3.63) is 88.2 Å². The average molecular weight is 474 g/mol. The molecular formula is C21H20BrN3O3S. The van der Waals surface area contributed by atoms with Crippen molar-refractivity contribution in [1.82, 2.24) is 9.29 Å². The van der Waals surface area contributed by atoms with Crippen LogP contribution in [0.1, 0.15) is 21.5 Å². The van der Waals surface area contributed by atoms with E-state index in [0.717, 1.165) is 5.56 Å². The van der Waals surface area contributed by atoms with Gasteiger partial charge < -0.3 is 5.32 Å². The zero-order valence-corrected chi connectivity index (χ0v) is 18.4. The zero-order chi connectivity index (χ0) is 21.0. The molecule has 0 spiro atoms. The number of anilines is 1. The lowest BCUT2D eigenvalue weighted by Gasteiger charge is -2.21. The molecule has 0 bridgehead atoms. The molecule has 3 aromatic rings. The maximum Gasteiger partial charge on any atom is 0.256 e. The second-order valence-electron chi connectivity index (χ2n) is 6.49. The van der Waals surface area contributed by atoms with Gasteiger partial charge in [-0.25, -0.2) is 8.42 Å². The minimum absolute atomic E-state index is 0.0785. The highest BCUT2D eigenvalue weighted by molar-refractivity contribution is 9.10. The molecule has 150 valence electrons. The van der Waals surface area contributed by atoms with Gasteiger partial charge in [-0.15, -0.1) is 0 Å². The lowest BCUT2D eigenvalue weighted by molar-refractivity contribution is 0.102. The van der Waals surface area contributed by atoms with Crippen LogP contribution >= 0.6 is 15.9 Å². The van der Waals surface area contributed by atoms with Crippen LogP contribution in [0.4, 0.5) is 5.69 Å². The zero-order valence-electron chi connectivity index (χ0n) is 16.0. The van der Waals surface area contributed by atoms with Crippen LogP contribution < -0.4 is 5.32 Å². The SMILES string of the molecule is Cc1c(C(=O)Nc2cccnc2)ccc(Br)c1S(=O)(=O)N(C)Cc1ccccc1. The molecule has 1 heterocycles. The first-order valence-corrected chi connectivity index (χ1v) is 11.0. The van der Waals surface area contributed by atoms with Gasteiger partial charge in [-0.05, 0) is 58.2 Å². The minimum Gasteiger partial charge on any atom is -0.321 e. The van der Waals surface area contributed by atoms with Gasteiger partial charge in [-0.2, -0.15) is 4.31 Å². The number of hydrogen-bond donors (Lipinski definition) is 1. The largest absolute Gasteiger partial charge is 0.321 e. The van der Waals surface area contributed by atoms with E-state index in [-0.39, 0.29) is 17.0 Å². The molecule has 0 aliphatic heterocycles. The fraction of sp³-hybridized carbons (Fsp3) is 0.143. The molecule has 2 aromatic carbocycles. The summed E-state index contributed by atoms with van der Waals surface area (Å²) < 4.78 is 28.2. The molecule has 6 nitrogen and oxygen atoms in total. The first-order chi connectivity index (χ1) is 13.8. The third-order valence-electron chi connectivity index (χ3n) is 4.44. The second kappa shape index (κ2) is 8.86. The van der Waals surface area contributed by atoms with Gasteiger partial charge in [0, 0.05) is 29.8 Å². The summed E-state index contributed by atoms with van der Waals surface area (Å²) in [4.78, 5) is 16.8. The second-order valence-corrected chi connectivity index (χ2v) is 9.33. The van der Waals surface area contributed by atoms with Crippen molar-refractivity contribution in [2.24, 2.45) is 0 Å². The molecule has 0 aliphatic carbocycles. The third-order valence-corrected chi connectivity index (χ3v) is 7.35. The van der Waals surface area contributed by atoms with Gasteiger partial charge >= 0.3 is 0 Å². The molecule has 8 heteroatoms. The number of benzene rings is 2. The number of carbonyl (C=O) groups is 1. The summed E-state index contributed by atoms with van der Waals surface area (Å²) in [6.45, 7) is 1.85. The number of sulfonamides is 1. The maximum absolute atomic E-state index is 13.3. The van der Waals surface area contributed by atoms with Crippen LogP contribution in [0.2, 0.25) is 0 Å². The van der Waals surface area contributed by atoms with E-state index in [9.17, 15) is 13.2 Å². The normalized spacial score (nSPS) is 11.4. The van der Waals surface area contributed by atoms with E-state index in [1.165, 1.54) is 17.5 Å². The number of hydrogen-bond acceptors (Lipinski definition) is 4. The van der Waals surface area contributed by atoms with E-state index in [0.29, 0.717) is 15.7 Å². The third kappa shape index (κ3) is 4.72. The minimum atomic E-state index is -3.83. The monoisotopic (exact) mass is 473 g/mol. The quantitative estimate of drug-likeness (QED) is 0.580. The lowest BCUT2D eigenvalue weighted by Crippen LogP contribution is -2.28. The van der Waals surface area contributed by atoms with E-state index < -0.39 is 15.9 Å². The van der Waals surface area contributed by atoms with Crippen LogP contribution in [0.15, 0.2) is 76.4 Å². The summed E-state index contributed by atoms with van der Waals surface area (Å²) in [5.41, 5.74) is 2.06. The summed E-state index contributed by atoms with van der Waals surface area (Å²) >= 11 is 3.34. The Morgan fingerprint density at radius 3 is 2.48 bits per heavy atom. The van der Waals surface area contributed by atoms with Crippen LogP contribution in [0, 0.1) is 6.92 Å². The summed E-state index contributed by atoms with van der Waals surface area (Å²) in [6.07, 6.45) is 3.13. The molecule has 1 aromatic heterocycles. The van der Waals surface area contributed by atoms with Gasteiger partial charge in [0.1, 0.15) is 4.90 Å². The van der Waals surface area contributed by atoms with Crippen LogP contribution in [0.25, 0.3) is 0 Å². The molecule has 0 unspecified atom stereocenters. The maximum atomic E-state index is 13.3. The number of carbonyl (C=O) groups excluding carboxylic acids is 1. The van der Waals surface area contributed by atoms with E-state index in [1.807, 2.05) is 30.3 Å². The van der Waals surface area contributed by atoms with Crippen LogP contribution in [0.5, 0.6) is 0 Å². The number of pyridine rings is 1. The van der Waals surface area contributed by atoms with Crippen molar-refractivity contribution in [3.8, 4) is 0 Å². The molecule has 0 radical (unpaired) electrons. The molecule has 0 saturated heterocycles. The predicted octanol–water partition coefficient (Wildman–Crippen LogP) is 4.23. The number of aromatic nitrogens is 1. The van der Waals surface area contributed by atoms with E-state index in [4.69, 9.17) is 0 Å². The van der Waals surface area contributed by atoms with Crippen LogP contribution in [0.3, 0.4) is 0 Å². The molecule has 3 rings (SSSR count). The molecule has 0 atom stereocenters. The highest BCUT2D eigenvalue weighted by Gasteiger charge is 2.28. The summed E-state index contributed by atoms with van der Waals surface area (Å²) in [7, 11) is -2.31. The fourth-order valence-electron chi connectivity index (χ4n) is 2.94. The highest BCUT2D eigenvalue weighted by Crippen LogP contribution is 2.31. The molecule has 0 aliphatic rings. The average Bonchev–Trinajstić information content (AvgIpc) is 2.69. The fourth-order valence-corrected chi connectivity index (χ4v) is 5.42. The Balaban J connectivity index is 1.94. The van der Waals surface area contributed by atoms with E-state index in [2.05, 4.69) is 26.2 Å². The Morgan fingerprint density at radius 1 is 1.10 bits per heavy atom. The Kier molecular flexibility index (Phi) is 6.46. The summed E-state index contributed by atoms with van der Waals surface area (Å²) in [6, 6.07) is 15.9. The molecule has 1 N–H and O–H groups in total. The first-order valence-electron chi connectivity index (χ1n) is 8.81. The first kappa shape index (κ1) is 21.2. The van der Waals surface area contributed by atoms with Crippen molar-refractivity contribution in [2.45, 2.75) is 18.4 Å². The van der Waals surface area contributed by atoms with Gasteiger partial charge in [-0.3, -0.25) is 9.78 Å². The lowest BCUT2D eigenvalue weighted by atomic mass is 10.1. The standard InChI is InChI=1S/C21H20BrN3O3S/c1-15-18(21(26)24-17-9-6-12-23-13-17)10-11-19(22)20(15)29(27,28)25(2)14-16-7-4-3-5-8-16/h3-13H,14H2,1-2H3,(H,24,26). The van der Waals surface area contributed by atoms with Crippen molar-refractivity contribution in [1.29, 1.82) is 0 Å². The van der Waals surface area contributed by atoms with Gasteiger partial charge in [-0.1, -0.05) is 30.3 Å². The Bertz CT molecular complexity index is 1120. The Hall–Kier alpha value is -2.55. The van der Waals surface area contributed by atoms with Crippen molar-refractivity contribution in [3.63, 3.8) is 0 Å². The topological polar surface area (TPSA) is 79.4 Å². The predicted molar refractivity (Wildman–Crippen MR) is 116 cm³/mol. The molecular weight excluding hydrogens is 454 g/mol. The van der Waals surface area contributed by atoms with E-state index in [1.54, 1.807) is 37.4 Å². The van der Waals surface area contributed by atoms with Crippen molar-refractivity contribution >= 4 is 37.5 Å². The number of nitrogens with zero attached hydrogens (tertiary/aromatic N) is 2. The Labute approximate surface area is 178 Å². The summed E-state index contributed by atoms with van der Waals surface area (Å²) in [5, 5.41) is 2.74. The number of amides is 1. The van der Waals surface area contributed by atoms with Gasteiger partial charge in [0.2, 0.25) is 10.0 Å². The van der Waals surface area contributed by atoms with Gasteiger partial charge in [0.05, 0.1) is 11.9 Å². The smallest absolute Gasteiger partial charge is 0.256 e. The van der Waals surface area contributed by atoms with Crippen LogP contribution in [-0.4, -0.2) is 30.7 Å². The molecule has 29 heavy (non-hydrogen) atoms. The Morgan fingerprint density at radius 2 is 1.83 bits per heavy atom.